The topological polar surface area (TPSA) is 162 Å². The smallest absolute Gasteiger partial charge is 0.408 e. The second-order valence-corrected chi connectivity index (χ2v) is 12.4. The molecule has 1 aliphatic heterocycles. The molecule has 252 valence electrons. The number of hydrazine groups is 1. The van der Waals surface area contributed by atoms with E-state index in [-0.39, 0.29) is 19.7 Å². The number of nitrogens with one attached hydrogen (secondary N) is 2. The van der Waals surface area contributed by atoms with E-state index in [4.69, 9.17) is 15.0 Å². The minimum absolute atomic E-state index is 0.0213. The number of esters is 1. The van der Waals surface area contributed by atoms with Gasteiger partial charge in [-0.05, 0) is 49.9 Å². The van der Waals surface area contributed by atoms with Crippen LogP contribution in [0, 0.1) is 5.53 Å². The molecular formula is C35H40N6O7. The molecule has 2 N–H and O–H groups in total. The van der Waals surface area contributed by atoms with Crippen LogP contribution < -0.4 is 5.32 Å². The lowest BCUT2D eigenvalue weighted by molar-refractivity contribution is -0.164. The Hall–Kier alpha value is -5.59. The quantitative estimate of drug-likeness (QED) is 0.152. The number of urea groups is 1. The van der Waals surface area contributed by atoms with Crippen LogP contribution in [0.25, 0.3) is 0 Å². The summed E-state index contributed by atoms with van der Waals surface area (Å²) in [6.45, 7) is 7.13. The Labute approximate surface area is 279 Å². The molecular weight excluding hydrogens is 616 g/mol. The number of nitrogens with zero attached hydrogens (tertiary/aromatic N) is 4. The fourth-order valence-corrected chi connectivity index (χ4v) is 5.21. The fourth-order valence-electron chi connectivity index (χ4n) is 5.21. The van der Waals surface area contributed by atoms with Crippen molar-refractivity contribution in [3.05, 3.63) is 107 Å². The van der Waals surface area contributed by atoms with E-state index in [9.17, 15) is 24.0 Å². The van der Waals surface area contributed by atoms with E-state index in [0.717, 1.165) is 23.1 Å². The second kappa shape index (κ2) is 14.9. The fraction of sp³-hybridized carbons (Fsp3) is 0.343. The summed E-state index contributed by atoms with van der Waals surface area (Å²) < 4.78 is 10.8. The van der Waals surface area contributed by atoms with E-state index in [0.29, 0.717) is 16.1 Å². The van der Waals surface area contributed by atoms with Crippen molar-refractivity contribution in [3.63, 3.8) is 0 Å². The summed E-state index contributed by atoms with van der Waals surface area (Å²) in [4.78, 5) is 69.6. The zero-order valence-corrected chi connectivity index (χ0v) is 27.6. The molecule has 0 radical (unpaired) electrons. The van der Waals surface area contributed by atoms with Gasteiger partial charge in [0.25, 0.3) is 5.91 Å². The first-order chi connectivity index (χ1) is 22.7. The number of benzene rings is 3. The van der Waals surface area contributed by atoms with Crippen LogP contribution in [0.5, 0.6) is 0 Å². The summed E-state index contributed by atoms with van der Waals surface area (Å²) in [5.41, 5.74) is 7.27. The van der Waals surface area contributed by atoms with Gasteiger partial charge in [0.05, 0.1) is 13.1 Å². The van der Waals surface area contributed by atoms with Crippen LogP contribution in [-0.2, 0) is 49.1 Å². The maximum Gasteiger partial charge on any atom is 0.408 e. The molecule has 0 saturated carbocycles. The molecule has 2 atom stereocenters. The minimum atomic E-state index is -1.58. The van der Waals surface area contributed by atoms with E-state index in [2.05, 4.69) is 10.4 Å². The lowest BCUT2D eigenvalue weighted by Crippen LogP contribution is -2.58. The van der Waals surface area contributed by atoms with Gasteiger partial charge < -0.3 is 14.8 Å². The van der Waals surface area contributed by atoms with Gasteiger partial charge in [0.2, 0.25) is 5.91 Å². The number of hydrogen-bond donors (Lipinski definition) is 2. The Morgan fingerprint density at radius 1 is 0.917 bits per heavy atom. The molecule has 3 aromatic carbocycles. The normalized spacial score (nSPS) is 16.7. The number of carbonyl (C=O) groups is 5. The van der Waals surface area contributed by atoms with Crippen molar-refractivity contribution in [2.45, 2.75) is 71.5 Å². The number of amides is 5. The Balaban J connectivity index is 1.69. The van der Waals surface area contributed by atoms with Crippen LogP contribution >= 0.6 is 0 Å². The molecule has 3 aromatic rings. The van der Waals surface area contributed by atoms with Gasteiger partial charge in [0, 0.05) is 13.5 Å². The molecule has 1 saturated heterocycles. The van der Waals surface area contributed by atoms with E-state index < -0.39 is 53.6 Å². The van der Waals surface area contributed by atoms with E-state index in [1.165, 1.54) is 4.90 Å². The van der Waals surface area contributed by atoms with E-state index in [1.54, 1.807) is 76.2 Å². The highest BCUT2D eigenvalue weighted by Gasteiger charge is 2.58. The summed E-state index contributed by atoms with van der Waals surface area (Å²) in [7, 11) is 0. The second-order valence-electron chi connectivity index (χ2n) is 12.4. The standard InChI is InChI=1S/C35H40N6O7/c1-24(42)40(22-29(30(43)48-34(2,3)4)38-32(45)47-23-27-14-10-7-11-15-27)41-31(44)35(5,28-18-16-25(17-19-28)20-37-36)39(33(41)46)21-26-12-8-6-9-13-26/h6-19,29,36H,20-23H2,1-5H3,(H,38,45)/t29-,35+/m0/s1. The number of hydrogen-bond acceptors (Lipinski definition) is 9. The van der Waals surface area contributed by atoms with Crippen molar-refractivity contribution in [1.82, 2.24) is 20.2 Å². The average molecular weight is 657 g/mol. The number of alkyl carbamates (subject to hydrolysis) is 1. The Bertz CT molecular complexity index is 1640. The number of imide groups is 1. The first-order valence-corrected chi connectivity index (χ1v) is 15.4. The van der Waals surface area contributed by atoms with Crippen LogP contribution in [0.1, 0.15) is 56.9 Å². The van der Waals surface area contributed by atoms with Crippen LogP contribution in [0.2, 0.25) is 0 Å². The summed E-state index contributed by atoms with van der Waals surface area (Å²) in [6.07, 6.45) is -0.965. The molecule has 13 nitrogen and oxygen atoms in total. The molecule has 1 fully saturated rings. The van der Waals surface area contributed by atoms with Crippen molar-refractivity contribution in [2.75, 3.05) is 6.54 Å². The summed E-state index contributed by atoms with van der Waals surface area (Å²) in [6, 6.07) is 22.4. The van der Waals surface area contributed by atoms with Crippen LogP contribution in [0.3, 0.4) is 0 Å². The molecule has 0 spiro atoms. The third kappa shape index (κ3) is 8.21. The average Bonchev–Trinajstić information content (AvgIpc) is 3.23. The molecule has 0 aliphatic carbocycles. The summed E-state index contributed by atoms with van der Waals surface area (Å²) in [5.74, 6) is -2.38. The molecule has 0 aromatic heterocycles. The molecule has 1 aliphatic rings. The van der Waals surface area contributed by atoms with Crippen molar-refractivity contribution in [1.29, 1.82) is 5.53 Å². The van der Waals surface area contributed by atoms with Crippen LogP contribution in [0.15, 0.2) is 90.0 Å². The minimum Gasteiger partial charge on any atom is -0.458 e. The van der Waals surface area contributed by atoms with Crippen molar-refractivity contribution < 1.29 is 33.4 Å². The molecule has 1 heterocycles. The molecule has 5 amide bonds. The summed E-state index contributed by atoms with van der Waals surface area (Å²) in [5, 5.41) is 7.41. The number of ether oxygens (including phenoxy) is 2. The maximum absolute atomic E-state index is 14.4. The molecule has 13 heteroatoms. The Morgan fingerprint density at radius 2 is 1.50 bits per heavy atom. The zero-order chi connectivity index (χ0) is 35.1. The SMILES string of the molecule is CC(=O)N(C[C@H](NC(=O)OCc1ccccc1)C(=O)OC(C)(C)C)N1C(=O)N(Cc2ccccc2)[C@](C)(c2ccc(CN=N)cc2)C1=O. The van der Waals surface area contributed by atoms with Gasteiger partial charge in [-0.25, -0.2) is 24.9 Å². The number of carbonyl (C=O) groups excluding carboxylic acids is 5. The van der Waals surface area contributed by atoms with E-state index >= 15 is 0 Å². The monoisotopic (exact) mass is 656 g/mol. The van der Waals surface area contributed by atoms with Gasteiger partial charge >= 0.3 is 18.1 Å². The lowest BCUT2D eigenvalue weighted by Gasteiger charge is -2.33. The van der Waals surface area contributed by atoms with Gasteiger partial charge in [0.1, 0.15) is 23.8 Å². The van der Waals surface area contributed by atoms with Crippen molar-refractivity contribution in [3.8, 4) is 0 Å². The first-order valence-electron chi connectivity index (χ1n) is 15.4. The zero-order valence-electron chi connectivity index (χ0n) is 27.6. The third-order valence-corrected chi connectivity index (χ3v) is 7.68. The Kier molecular flexibility index (Phi) is 10.9. The van der Waals surface area contributed by atoms with Gasteiger partial charge in [-0.3, -0.25) is 14.5 Å². The molecule has 4 rings (SSSR count). The third-order valence-electron chi connectivity index (χ3n) is 7.68. The highest BCUT2D eigenvalue weighted by atomic mass is 16.6. The molecule has 0 bridgehead atoms. The van der Waals surface area contributed by atoms with Gasteiger partial charge in [-0.1, -0.05) is 84.9 Å². The largest absolute Gasteiger partial charge is 0.458 e. The molecule has 0 unspecified atom stereocenters. The van der Waals surface area contributed by atoms with Crippen molar-refractivity contribution >= 4 is 29.9 Å². The van der Waals surface area contributed by atoms with Gasteiger partial charge in [-0.15, -0.1) is 0 Å². The van der Waals surface area contributed by atoms with Crippen molar-refractivity contribution in [2.24, 2.45) is 5.11 Å². The van der Waals surface area contributed by atoms with E-state index in [1.807, 2.05) is 36.4 Å². The first kappa shape index (κ1) is 35.3. The lowest BCUT2D eigenvalue weighted by atomic mass is 9.89. The Morgan fingerprint density at radius 3 is 2.04 bits per heavy atom. The van der Waals surface area contributed by atoms with Crippen LogP contribution in [0.4, 0.5) is 9.59 Å². The predicted molar refractivity (Wildman–Crippen MR) is 174 cm³/mol. The maximum atomic E-state index is 14.4. The van der Waals surface area contributed by atoms with Gasteiger partial charge in [0.15, 0.2) is 0 Å². The molecule has 48 heavy (non-hydrogen) atoms. The highest BCUT2D eigenvalue weighted by Crippen LogP contribution is 2.39. The van der Waals surface area contributed by atoms with Gasteiger partial charge in [-0.2, -0.15) is 10.1 Å². The van der Waals surface area contributed by atoms with Crippen LogP contribution in [-0.4, -0.2) is 63.0 Å². The predicted octanol–water partition coefficient (Wildman–Crippen LogP) is 5.30. The summed E-state index contributed by atoms with van der Waals surface area (Å²) >= 11 is 0. The number of rotatable bonds is 12. The highest BCUT2D eigenvalue weighted by molar-refractivity contribution is 6.08.